The first-order valence-corrected chi connectivity index (χ1v) is 8.32. The molecule has 1 heterocycles. The van der Waals surface area contributed by atoms with E-state index in [9.17, 15) is 18.4 Å². The zero-order chi connectivity index (χ0) is 18.0. The van der Waals surface area contributed by atoms with Crippen LogP contribution in [0.5, 0.6) is 0 Å². The van der Waals surface area contributed by atoms with Crippen molar-refractivity contribution < 1.29 is 23.1 Å². The third-order valence-electron chi connectivity index (χ3n) is 4.50. The molecule has 0 aromatic carbocycles. The molecule has 0 saturated carbocycles. The highest BCUT2D eigenvalue weighted by Crippen LogP contribution is 2.37. The molecule has 1 atom stereocenters. The van der Waals surface area contributed by atoms with Crippen LogP contribution < -0.4 is 5.32 Å². The lowest BCUT2D eigenvalue weighted by molar-refractivity contribution is -0.135. The molecule has 0 spiro atoms. The molecule has 1 N–H and O–H groups in total. The fraction of sp³-hybridized carbons (Fsp3) is 0.765. The van der Waals surface area contributed by atoms with Crippen molar-refractivity contribution in [2.75, 3.05) is 19.6 Å². The number of alkyl halides is 2. The van der Waals surface area contributed by atoms with E-state index in [-0.39, 0.29) is 31.3 Å². The minimum atomic E-state index is -2.62. The molecule has 0 bridgehead atoms. The zero-order valence-electron chi connectivity index (χ0n) is 14.5. The summed E-state index contributed by atoms with van der Waals surface area (Å²) in [5, 5.41) is 2.44. The fourth-order valence-electron chi connectivity index (χ4n) is 3.12. The molecule has 0 radical (unpaired) electrons. The van der Waals surface area contributed by atoms with Crippen LogP contribution in [0.4, 0.5) is 13.6 Å². The Morgan fingerprint density at radius 3 is 2.50 bits per heavy atom. The highest BCUT2D eigenvalue weighted by atomic mass is 19.3. The SMILES string of the molecule is CC(C)(C)OC(=O)NCC1(C(F)F)CCN(C(=O)C2CC=CC2)C1. The molecule has 2 amide bonds. The lowest BCUT2D eigenvalue weighted by Gasteiger charge is -2.30. The third-order valence-corrected chi connectivity index (χ3v) is 4.50. The summed E-state index contributed by atoms with van der Waals surface area (Å²) in [4.78, 5) is 25.7. The van der Waals surface area contributed by atoms with Crippen LogP contribution in [-0.2, 0) is 9.53 Å². The van der Waals surface area contributed by atoms with Crippen LogP contribution in [-0.4, -0.2) is 48.6 Å². The number of ether oxygens (including phenoxy) is 1. The molecule has 1 unspecified atom stereocenters. The smallest absolute Gasteiger partial charge is 0.407 e. The topological polar surface area (TPSA) is 58.6 Å². The number of rotatable bonds is 4. The van der Waals surface area contributed by atoms with Crippen LogP contribution in [0.3, 0.4) is 0 Å². The maximum Gasteiger partial charge on any atom is 0.407 e. The molecule has 1 fully saturated rings. The summed E-state index contributed by atoms with van der Waals surface area (Å²) in [5.41, 5.74) is -2.09. The molecule has 7 heteroatoms. The molecule has 1 aliphatic heterocycles. The fourth-order valence-corrected chi connectivity index (χ4v) is 3.12. The van der Waals surface area contributed by atoms with Gasteiger partial charge in [0.2, 0.25) is 12.3 Å². The van der Waals surface area contributed by atoms with Crippen molar-refractivity contribution in [3.8, 4) is 0 Å². The second-order valence-corrected chi connectivity index (χ2v) is 7.67. The molecule has 0 aromatic heterocycles. The number of alkyl carbamates (subject to hydrolysis) is 1. The van der Waals surface area contributed by atoms with Crippen molar-refractivity contribution in [3.63, 3.8) is 0 Å². The monoisotopic (exact) mass is 344 g/mol. The predicted molar refractivity (Wildman–Crippen MR) is 85.7 cm³/mol. The van der Waals surface area contributed by atoms with Crippen LogP contribution >= 0.6 is 0 Å². The number of nitrogens with zero attached hydrogens (tertiary/aromatic N) is 1. The molecule has 1 aliphatic carbocycles. The molecule has 0 aromatic rings. The maximum absolute atomic E-state index is 13.7. The molecular weight excluding hydrogens is 318 g/mol. The van der Waals surface area contributed by atoms with Gasteiger partial charge in [0, 0.05) is 25.6 Å². The minimum absolute atomic E-state index is 0.0319. The number of allylic oxidation sites excluding steroid dienone is 2. The summed E-state index contributed by atoms with van der Waals surface area (Å²) in [7, 11) is 0. The van der Waals surface area contributed by atoms with E-state index in [2.05, 4.69) is 5.32 Å². The Morgan fingerprint density at radius 1 is 1.33 bits per heavy atom. The number of hydrogen-bond donors (Lipinski definition) is 1. The molecule has 1 saturated heterocycles. The Morgan fingerprint density at radius 2 is 1.96 bits per heavy atom. The minimum Gasteiger partial charge on any atom is -0.444 e. The summed E-state index contributed by atoms with van der Waals surface area (Å²) in [5.74, 6) is -0.197. The van der Waals surface area contributed by atoms with Crippen molar-refractivity contribution in [2.45, 2.75) is 52.1 Å². The van der Waals surface area contributed by atoms with Gasteiger partial charge in [0.05, 0.1) is 5.41 Å². The van der Waals surface area contributed by atoms with E-state index in [1.165, 1.54) is 4.90 Å². The van der Waals surface area contributed by atoms with Gasteiger partial charge in [0.25, 0.3) is 0 Å². The second-order valence-electron chi connectivity index (χ2n) is 7.67. The quantitative estimate of drug-likeness (QED) is 0.798. The highest BCUT2D eigenvalue weighted by Gasteiger charge is 2.48. The first-order valence-electron chi connectivity index (χ1n) is 8.32. The average Bonchev–Trinajstić information content (AvgIpc) is 3.13. The lowest BCUT2D eigenvalue weighted by Crippen LogP contribution is -2.46. The third kappa shape index (κ3) is 4.45. The van der Waals surface area contributed by atoms with Gasteiger partial charge in [-0.05, 0) is 40.0 Å². The normalized spacial score (nSPS) is 24.7. The number of amides is 2. The number of nitrogens with one attached hydrogen (secondary N) is 1. The Bertz CT molecular complexity index is 508. The molecular formula is C17H26F2N2O3. The highest BCUT2D eigenvalue weighted by molar-refractivity contribution is 5.80. The Balaban J connectivity index is 1.94. The van der Waals surface area contributed by atoms with Gasteiger partial charge in [-0.3, -0.25) is 4.79 Å². The van der Waals surface area contributed by atoms with Crippen molar-refractivity contribution >= 4 is 12.0 Å². The van der Waals surface area contributed by atoms with Gasteiger partial charge in [-0.1, -0.05) is 12.2 Å². The summed E-state index contributed by atoms with van der Waals surface area (Å²) in [6, 6.07) is 0. The van der Waals surface area contributed by atoms with Crippen molar-refractivity contribution in [1.29, 1.82) is 0 Å². The second kappa shape index (κ2) is 7.07. The summed E-state index contributed by atoms with van der Waals surface area (Å²) in [6.45, 7) is 5.20. The van der Waals surface area contributed by atoms with Crippen molar-refractivity contribution in [2.24, 2.45) is 11.3 Å². The van der Waals surface area contributed by atoms with E-state index in [4.69, 9.17) is 4.74 Å². The molecule has 2 rings (SSSR count). The number of carbonyl (C=O) groups is 2. The van der Waals surface area contributed by atoms with Crippen molar-refractivity contribution in [1.82, 2.24) is 10.2 Å². The number of carbonyl (C=O) groups excluding carboxylic acids is 2. The van der Waals surface area contributed by atoms with E-state index in [1.807, 2.05) is 12.2 Å². The van der Waals surface area contributed by atoms with E-state index in [0.717, 1.165) is 0 Å². The van der Waals surface area contributed by atoms with Crippen LogP contribution in [0.1, 0.15) is 40.0 Å². The van der Waals surface area contributed by atoms with Gasteiger partial charge in [0.1, 0.15) is 5.60 Å². The average molecular weight is 344 g/mol. The van der Waals surface area contributed by atoms with Crippen LogP contribution in [0, 0.1) is 11.3 Å². The summed E-state index contributed by atoms with van der Waals surface area (Å²) < 4.78 is 32.4. The molecule has 136 valence electrons. The van der Waals surface area contributed by atoms with Crippen LogP contribution in [0.2, 0.25) is 0 Å². The van der Waals surface area contributed by atoms with E-state index >= 15 is 0 Å². The van der Waals surface area contributed by atoms with Gasteiger partial charge in [-0.25, -0.2) is 13.6 Å². The Kier molecular flexibility index (Phi) is 5.50. The number of hydrogen-bond acceptors (Lipinski definition) is 3. The first-order chi connectivity index (χ1) is 11.1. The summed E-state index contributed by atoms with van der Waals surface area (Å²) >= 11 is 0. The van der Waals surface area contributed by atoms with Crippen LogP contribution in [0.15, 0.2) is 12.2 Å². The lowest BCUT2D eigenvalue weighted by atomic mass is 9.87. The molecule has 5 nitrogen and oxygen atoms in total. The van der Waals surface area contributed by atoms with Gasteiger partial charge in [0.15, 0.2) is 0 Å². The van der Waals surface area contributed by atoms with Crippen molar-refractivity contribution in [3.05, 3.63) is 12.2 Å². The van der Waals surface area contributed by atoms with E-state index < -0.39 is 23.5 Å². The van der Waals surface area contributed by atoms with Crippen LogP contribution in [0.25, 0.3) is 0 Å². The largest absolute Gasteiger partial charge is 0.444 e. The number of halogens is 2. The van der Waals surface area contributed by atoms with Gasteiger partial charge in [-0.15, -0.1) is 0 Å². The molecule has 2 aliphatic rings. The standard InChI is InChI=1S/C17H26F2N2O3/c1-16(2,3)24-15(23)20-10-17(14(18)19)8-9-21(11-17)13(22)12-6-4-5-7-12/h4-5,12,14H,6-11H2,1-3H3,(H,20,23). The van der Waals surface area contributed by atoms with Gasteiger partial charge < -0.3 is 15.0 Å². The van der Waals surface area contributed by atoms with Gasteiger partial charge in [-0.2, -0.15) is 0 Å². The van der Waals surface area contributed by atoms with E-state index in [0.29, 0.717) is 19.4 Å². The maximum atomic E-state index is 13.7. The molecule has 24 heavy (non-hydrogen) atoms. The first kappa shape index (κ1) is 18.7. The summed E-state index contributed by atoms with van der Waals surface area (Å²) in [6.07, 6.45) is 2.08. The van der Waals surface area contributed by atoms with E-state index in [1.54, 1.807) is 20.8 Å². The predicted octanol–water partition coefficient (Wildman–Crippen LogP) is 2.96. The Hall–Kier alpha value is -1.66. The zero-order valence-corrected chi connectivity index (χ0v) is 14.5. The Labute approximate surface area is 141 Å². The number of likely N-dealkylation sites (tertiary alicyclic amines) is 1. The van der Waals surface area contributed by atoms with Gasteiger partial charge >= 0.3 is 6.09 Å².